The lowest BCUT2D eigenvalue weighted by Gasteiger charge is -2.25. The molecule has 8 N–H and O–H groups in total. The number of carboxylic acid groups (broad SMARTS) is 1. The largest absolute Gasteiger partial charge is 0.480 e. The number of rotatable bonds is 13. The van der Waals surface area contributed by atoms with Crippen molar-refractivity contribution < 1.29 is 29.1 Å². The summed E-state index contributed by atoms with van der Waals surface area (Å²) in [7, 11) is 0. The van der Waals surface area contributed by atoms with Crippen molar-refractivity contribution in [1.82, 2.24) is 16.0 Å². The highest BCUT2D eigenvalue weighted by molar-refractivity contribution is 7.80. The van der Waals surface area contributed by atoms with Crippen LogP contribution in [-0.2, 0) is 30.4 Å². The highest BCUT2D eigenvalue weighted by Gasteiger charge is 2.32. The van der Waals surface area contributed by atoms with Gasteiger partial charge < -0.3 is 32.5 Å². The fourth-order valence-electron chi connectivity index (χ4n) is 2.87. The molecule has 0 heterocycles. The Morgan fingerprint density at radius 1 is 0.939 bits per heavy atom. The van der Waals surface area contributed by atoms with Crippen LogP contribution >= 0.6 is 12.6 Å². The second kappa shape index (κ2) is 13.4. The molecule has 4 atom stereocenters. The molecule has 4 unspecified atom stereocenters. The molecule has 1 rings (SSSR count). The molecule has 33 heavy (non-hydrogen) atoms. The van der Waals surface area contributed by atoms with Crippen molar-refractivity contribution in [3.63, 3.8) is 0 Å². The van der Waals surface area contributed by atoms with Crippen molar-refractivity contribution in [3.05, 3.63) is 35.9 Å². The summed E-state index contributed by atoms with van der Waals surface area (Å²) in [6, 6.07) is 4.02. The summed E-state index contributed by atoms with van der Waals surface area (Å²) in [6.45, 7) is 3.19. The number of benzene rings is 1. The van der Waals surface area contributed by atoms with Gasteiger partial charge in [-0.3, -0.25) is 19.2 Å². The predicted molar refractivity (Wildman–Crippen MR) is 124 cm³/mol. The normalized spacial score (nSPS) is 14.5. The van der Waals surface area contributed by atoms with Gasteiger partial charge in [-0.1, -0.05) is 44.2 Å². The minimum absolute atomic E-state index is 0.0456. The van der Waals surface area contributed by atoms with E-state index in [-0.39, 0.29) is 12.2 Å². The van der Waals surface area contributed by atoms with E-state index in [9.17, 15) is 29.1 Å². The molecule has 12 heteroatoms. The standard InChI is InChI=1S/C21H31N5O6S/c1-11(2)17(21(31)32)26-20(30)15(9-16(23)27)25-19(29)14(24-18(28)13(22)10-33)8-12-6-4-3-5-7-12/h3-7,11,13-15,17,33H,8-10,22H2,1-2H3,(H2,23,27)(H,24,28)(H,25,29)(H,26,30)(H,31,32). The summed E-state index contributed by atoms with van der Waals surface area (Å²) < 4.78 is 0. The number of amides is 4. The summed E-state index contributed by atoms with van der Waals surface area (Å²) >= 11 is 3.97. The number of nitrogens with two attached hydrogens (primary N) is 2. The van der Waals surface area contributed by atoms with E-state index in [0.717, 1.165) is 5.56 Å². The van der Waals surface area contributed by atoms with Gasteiger partial charge in [0.05, 0.1) is 12.5 Å². The second-order valence-electron chi connectivity index (χ2n) is 7.84. The molecule has 0 aliphatic carbocycles. The lowest BCUT2D eigenvalue weighted by atomic mass is 10.0. The first kappa shape index (κ1) is 27.9. The SMILES string of the molecule is CC(C)C(NC(=O)C(CC(N)=O)NC(=O)C(Cc1ccccc1)NC(=O)C(N)CS)C(=O)O. The van der Waals surface area contributed by atoms with E-state index in [2.05, 4.69) is 28.6 Å². The van der Waals surface area contributed by atoms with Crippen LogP contribution in [0.15, 0.2) is 30.3 Å². The van der Waals surface area contributed by atoms with Crippen molar-refractivity contribution in [2.45, 2.75) is 50.9 Å². The smallest absolute Gasteiger partial charge is 0.326 e. The third-order valence-electron chi connectivity index (χ3n) is 4.72. The summed E-state index contributed by atoms with van der Waals surface area (Å²) in [4.78, 5) is 60.9. The van der Waals surface area contributed by atoms with Gasteiger partial charge in [0.2, 0.25) is 23.6 Å². The first-order chi connectivity index (χ1) is 15.5. The number of hydrogen-bond acceptors (Lipinski definition) is 7. The van der Waals surface area contributed by atoms with E-state index in [1.54, 1.807) is 44.2 Å². The molecule has 1 aromatic carbocycles. The molecule has 0 aliphatic heterocycles. The van der Waals surface area contributed by atoms with Crippen molar-refractivity contribution in [2.75, 3.05) is 5.75 Å². The van der Waals surface area contributed by atoms with Crippen LogP contribution in [0.2, 0.25) is 0 Å². The van der Waals surface area contributed by atoms with E-state index in [1.807, 2.05) is 0 Å². The van der Waals surface area contributed by atoms with Gasteiger partial charge in [0.25, 0.3) is 0 Å². The highest BCUT2D eigenvalue weighted by atomic mass is 32.1. The summed E-state index contributed by atoms with van der Waals surface area (Å²) in [6.07, 6.45) is -0.490. The molecule has 0 saturated carbocycles. The average molecular weight is 482 g/mol. The molecule has 1 aromatic rings. The Hall–Kier alpha value is -3.12. The van der Waals surface area contributed by atoms with Crippen LogP contribution in [0.4, 0.5) is 0 Å². The maximum absolute atomic E-state index is 13.0. The molecule has 0 aliphatic rings. The third kappa shape index (κ3) is 9.49. The molecule has 0 saturated heterocycles. The van der Waals surface area contributed by atoms with Gasteiger partial charge in [0.15, 0.2) is 0 Å². The minimum atomic E-state index is -1.44. The Morgan fingerprint density at radius 2 is 1.48 bits per heavy atom. The number of carbonyl (C=O) groups is 5. The van der Waals surface area contributed by atoms with Gasteiger partial charge in [-0.25, -0.2) is 4.79 Å². The minimum Gasteiger partial charge on any atom is -0.480 e. The van der Waals surface area contributed by atoms with Gasteiger partial charge in [-0.2, -0.15) is 12.6 Å². The number of carbonyl (C=O) groups excluding carboxylic acids is 4. The number of nitrogens with one attached hydrogen (secondary N) is 3. The number of aliphatic carboxylic acids is 1. The van der Waals surface area contributed by atoms with E-state index in [4.69, 9.17) is 11.5 Å². The van der Waals surface area contributed by atoms with E-state index < -0.39 is 66.1 Å². The molecule has 0 bridgehead atoms. The third-order valence-corrected chi connectivity index (χ3v) is 5.11. The molecule has 11 nitrogen and oxygen atoms in total. The first-order valence-corrected chi connectivity index (χ1v) is 10.9. The fraction of sp³-hybridized carbons (Fsp3) is 0.476. The van der Waals surface area contributed by atoms with Gasteiger partial charge in [0, 0.05) is 12.2 Å². The lowest BCUT2D eigenvalue weighted by Crippen LogP contribution is -2.58. The zero-order valence-electron chi connectivity index (χ0n) is 18.5. The fourth-order valence-corrected chi connectivity index (χ4v) is 3.04. The maximum atomic E-state index is 13.0. The van der Waals surface area contributed by atoms with Crippen molar-refractivity contribution >= 4 is 42.2 Å². The average Bonchev–Trinajstić information content (AvgIpc) is 2.75. The van der Waals surface area contributed by atoms with Gasteiger partial charge in [-0.05, 0) is 11.5 Å². The number of thiol groups is 1. The molecule has 0 radical (unpaired) electrons. The zero-order chi connectivity index (χ0) is 25.1. The molecule has 0 fully saturated rings. The Kier molecular flexibility index (Phi) is 11.4. The molecule has 4 amide bonds. The van der Waals surface area contributed by atoms with Gasteiger partial charge >= 0.3 is 5.97 Å². The van der Waals surface area contributed by atoms with Gasteiger partial charge in [-0.15, -0.1) is 0 Å². The van der Waals surface area contributed by atoms with Crippen LogP contribution < -0.4 is 27.4 Å². The molecule has 0 aromatic heterocycles. The second-order valence-corrected chi connectivity index (χ2v) is 8.21. The Labute approximate surface area is 197 Å². The topological polar surface area (TPSA) is 194 Å². The molecule has 182 valence electrons. The van der Waals surface area contributed by atoms with E-state index in [0.29, 0.717) is 0 Å². The maximum Gasteiger partial charge on any atom is 0.326 e. The van der Waals surface area contributed by atoms with Crippen LogP contribution in [0.25, 0.3) is 0 Å². The van der Waals surface area contributed by atoms with Crippen LogP contribution in [0.1, 0.15) is 25.8 Å². The van der Waals surface area contributed by atoms with Crippen LogP contribution in [-0.4, -0.2) is 64.6 Å². The highest BCUT2D eigenvalue weighted by Crippen LogP contribution is 2.07. The molecular weight excluding hydrogens is 450 g/mol. The number of primary amides is 1. The Bertz CT molecular complexity index is 851. The van der Waals surface area contributed by atoms with Gasteiger partial charge in [0.1, 0.15) is 18.1 Å². The van der Waals surface area contributed by atoms with Crippen molar-refractivity contribution in [2.24, 2.45) is 17.4 Å². The number of hydrogen-bond donors (Lipinski definition) is 7. The summed E-state index contributed by atoms with van der Waals surface area (Å²) in [5.41, 5.74) is 11.6. The van der Waals surface area contributed by atoms with Crippen LogP contribution in [0.3, 0.4) is 0 Å². The first-order valence-electron chi connectivity index (χ1n) is 10.3. The van der Waals surface area contributed by atoms with E-state index >= 15 is 0 Å². The molecular formula is C21H31N5O6S. The number of carboxylic acids is 1. The Balaban J connectivity index is 3.09. The monoisotopic (exact) mass is 481 g/mol. The van der Waals surface area contributed by atoms with Crippen molar-refractivity contribution in [3.8, 4) is 0 Å². The quantitative estimate of drug-likeness (QED) is 0.168. The van der Waals surface area contributed by atoms with E-state index in [1.165, 1.54) is 0 Å². The Morgan fingerprint density at radius 3 is 1.97 bits per heavy atom. The summed E-state index contributed by atoms with van der Waals surface area (Å²) in [5.74, 6) is -4.84. The van der Waals surface area contributed by atoms with Crippen LogP contribution in [0.5, 0.6) is 0 Å². The zero-order valence-corrected chi connectivity index (χ0v) is 19.4. The molecule has 0 spiro atoms. The lowest BCUT2D eigenvalue weighted by molar-refractivity contribution is -0.143. The van der Waals surface area contributed by atoms with Crippen LogP contribution in [0, 0.1) is 5.92 Å². The summed E-state index contributed by atoms with van der Waals surface area (Å²) in [5, 5.41) is 16.5. The van der Waals surface area contributed by atoms with Crippen molar-refractivity contribution in [1.29, 1.82) is 0 Å². The predicted octanol–water partition coefficient (Wildman–Crippen LogP) is -1.44.